The van der Waals surface area contributed by atoms with Crippen molar-refractivity contribution in [2.75, 3.05) is 0 Å². The highest BCUT2D eigenvalue weighted by atomic mass is 32.2. The molecule has 0 saturated heterocycles. The van der Waals surface area contributed by atoms with Crippen LogP contribution in [0, 0.1) is 13.8 Å². The number of pyridine rings is 1. The van der Waals surface area contributed by atoms with Gasteiger partial charge in [0.05, 0.1) is 21.8 Å². The number of Topliss-reactive ketones (excluding diaryl/α,β-unsaturated/α-hetero) is 1. The first kappa shape index (κ1) is 19.4. The molecule has 0 aliphatic carbocycles. The molecule has 7 nitrogen and oxygen atoms in total. The van der Waals surface area contributed by atoms with Gasteiger partial charge in [0.2, 0.25) is 9.84 Å². The van der Waals surface area contributed by atoms with Crippen molar-refractivity contribution < 1.29 is 13.2 Å². The lowest BCUT2D eigenvalue weighted by atomic mass is 10.0. The number of nitrogens with one attached hydrogen (secondary N) is 1. The smallest absolute Gasteiger partial charge is 0.217 e. The molecule has 3 aromatic heterocycles. The van der Waals surface area contributed by atoms with E-state index in [0.29, 0.717) is 29.7 Å². The molecule has 3 heterocycles. The van der Waals surface area contributed by atoms with E-state index in [1.165, 1.54) is 17.5 Å². The summed E-state index contributed by atoms with van der Waals surface area (Å²) in [5.41, 5.74) is 2.59. The van der Waals surface area contributed by atoms with Crippen LogP contribution >= 0.6 is 11.3 Å². The van der Waals surface area contributed by atoms with Crippen LogP contribution in [-0.2, 0) is 16.3 Å². The van der Waals surface area contributed by atoms with E-state index in [9.17, 15) is 13.2 Å². The number of sulfone groups is 1. The van der Waals surface area contributed by atoms with Gasteiger partial charge in [0.15, 0.2) is 11.4 Å². The molecule has 4 aromatic rings. The lowest BCUT2D eigenvalue weighted by Crippen LogP contribution is -2.03. The summed E-state index contributed by atoms with van der Waals surface area (Å²) >= 11 is 1.18. The Morgan fingerprint density at radius 1 is 1.14 bits per heavy atom. The summed E-state index contributed by atoms with van der Waals surface area (Å²) in [5.74, 6) is -0.0203. The number of hydrogen-bond donors (Lipinski definition) is 1. The van der Waals surface area contributed by atoms with Crippen LogP contribution in [0.4, 0.5) is 0 Å². The average molecular weight is 427 g/mol. The molecule has 1 N–H and O–H groups in total. The lowest BCUT2D eigenvalue weighted by Gasteiger charge is -2.05. The molecule has 0 amide bonds. The third-order valence-corrected chi connectivity index (χ3v) is 8.04. The van der Waals surface area contributed by atoms with E-state index >= 15 is 0 Å². The van der Waals surface area contributed by atoms with Crippen LogP contribution in [0.1, 0.15) is 33.0 Å². The van der Waals surface area contributed by atoms with E-state index < -0.39 is 9.84 Å². The normalized spacial score (nSPS) is 11.8. The topological polar surface area (TPSA) is 106 Å². The van der Waals surface area contributed by atoms with Gasteiger partial charge in [-0.3, -0.25) is 9.89 Å². The van der Waals surface area contributed by atoms with E-state index in [0.717, 1.165) is 16.0 Å². The number of benzene rings is 1. The molecule has 0 spiro atoms. The van der Waals surface area contributed by atoms with E-state index in [2.05, 4.69) is 20.2 Å². The number of fused-ring (bicyclic) bond motifs is 1. The largest absolute Gasteiger partial charge is 0.294 e. The summed E-state index contributed by atoms with van der Waals surface area (Å²) in [7, 11) is -3.58. The van der Waals surface area contributed by atoms with Gasteiger partial charge in [-0.15, -0.1) is 11.3 Å². The van der Waals surface area contributed by atoms with Gasteiger partial charge in [0.25, 0.3) is 0 Å². The van der Waals surface area contributed by atoms with Gasteiger partial charge in [-0.1, -0.05) is 12.1 Å². The van der Waals surface area contributed by atoms with Crippen molar-refractivity contribution in [1.82, 2.24) is 20.2 Å². The Morgan fingerprint density at radius 2 is 1.90 bits per heavy atom. The maximum Gasteiger partial charge on any atom is 0.217 e. The molecule has 0 aliphatic rings. The molecule has 0 atom stereocenters. The van der Waals surface area contributed by atoms with Crippen molar-refractivity contribution in [2.24, 2.45) is 0 Å². The highest BCUT2D eigenvalue weighted by Crippen LogP contribution is 2.29. The maximum absolute atomic E-state index is 12.8. The number of thiazole rings is 1. The first-order valence-electron chi connectivity index (χ1n) is 8.95. The third kappa shape index (κ3) is 3.83. The summed E-state index contributed by atoms with van der Waals surface area (Å²) in [4.78, 5) is 21.1. The summed E-state index contributed by atoms with van der Waals surface area (Å²) in [6, 6.07) is 8.44. The number of hydrogen-bond acceptors (Lipinski definition) is 7. The molecule has 148 valence electrons. The molecule has 4 rings (SSSR count). The van der Waals surface area contributed by atoms with Gasteiger partial charge in [0, 0.05) is 23.6 Å². The van der Waals surface area contributed by atoms with Crippen molar-refractivity contribution in [3.8, 4) is 0 Å². The number of carbonyl (C=O) groups excluding carboxylic acids is 1. The van der Waals surface area contributed by atoms with Gasteiger partial charge in [0.1, 0.15) is 4.21 Å². The quantitative estimate of drug-likeness (QED) is 0.472. The number of H-pyrrole nitrogens is 1. The van der Waals surface area contributed by atoms with Gasteiger partial charge in [-0.25, -0.2) is 18.4 Å². The fourth-order valence-electron chi connectivity index (χ4n) is 3.10. The molecule has 0 fully saturated rings. The predicted octanol–water partition coefficient (Wildman–Crippen LogP) is 3.68. The van der Waals surface area contributed by atoms with Crippen LogP contribution in [0.25, 0.3) is 11.0 Å². The highest BCUT2D eigenvalue weighted by molar-refractivity contribution is 7.93. The first-order valence-corrected chi connectivity index (χ1v) is 11.2. The Hall–Kier alpha value is -2.91. The van der Waals surface area contributed by atoms with Crippen molar-refractivity contribution in [1.29, 1.82) is 0 Å². The van der Waals surface area contributed by atoms with E-state index in [1.807, 2.05) is 0 Å². The number of carbonyl (C=O) groups is 1. The van der Waals surface area contributed by atoms with Gasteiger partial charge >= 0.3 is 0 Å². The summed E-state index contributed by atoms with van der Waals surface area (Å²) < 4.78 is 25.9. The van der Waals surface area contributed by atoms with Crippen LogP contribution in [0.2, 0.25) is 0 Å². The van der Waals surface area contributed by atoms with Gasteiger partial charge in [-0.2, -0.15) is 5.10 Å². The molecule has 0 unspecified atom stereocenters. The van der Waals surface area contributed by atoms with Crippen molar-refractivity contribution in [3.63, 3.8) is 0 Å². The third-order valence-electron chi connectivity index (χ3n) is 4.59. The van der Waals surface area contributed by atoms with Crippen LogP contribution in [-0.4, -0.2) is 34.4 Å². The van der Waals surface area contributed by atoms with Crippen LogP contribution in [0.3, 0.4) is 0 Å². The number of aromatic amines is 1. The predicted molar refractivity (Wildman–Crippen MR) is 110 cm³/mol. The SMILES string of the molecule is Cc1nc(C)c(S(=O)(=O)c2ccc(CCC(=O)c3cnc4[nH]ncc4c3)cc2)s1. The van der Waals surface area contributed by atoms with E-state index in [1.54, 1.807) is 50.4 Å². The average Bonchev–Trinajstić information content (AvgIpc) is 3.31. The first-order chi connectivity index (χ1) is 13.8. The second-order valence-electron chi connectivity index (χ2n) is 6.71. The Balaban J connectivity index is 1.46. The molecule has 29 heavy (non-hydrogen) atoms. The number of aryl methyl sites for hydroxylation is 3. The van der Waals surface area contributed by atoms with Crippen LogP contribution < -0.4 is 0 Å². The maximum atomic E-state index is 12.8. The zero-order chi connectivity index (χ0) is 20.6. The van der Waals surface area contributed by atoms with Crippen LogP contribution in [0.5, 0.6) is 0 Å². The summed E-state index contributed by atoms with van der Waals surface area (Å²) in [6.45, 7) is 3.49. The Bertz CT molecular complexity index is 1310. The summed E-state index contributed by atoms with van der Waals surface area (Å²) in [6.07, 6.45) is 3.99. The molecule has 0 aliphatic heterocycles. The molecule has 0 saturated carbocycles. The molecular weight excluding hydrogens is 408 g/mol. The lowest BCUT2D eigenvalue weighted by molar-refractivity contribution is 0.0982. The molecule has 1 aromatic carbocycles. The van der Waals surface area contributed by atoms with E-state index in [-0.39, 0.29) is 14.9 Å². The Kier molecular flexibility index (Phi) is 5.01. The Morgan fingerprint density at radius 3 is 2.59 bits per heavy atom. The minimum absolute atomic E-state index is 0.0203. The number of rotatable bonds is 6. The molecule has 0 bridgehead atoms. The molecular formula is C20H18N4O3S2. The minimum Gasteiger partial charge on any atom is -0.294 e. The number of ketones is 1. The molecule has 0 radical (unpaired) electrons. The highest BCUT2D eigenvalue weighted by Gasteiger charge is 2.23. The summed E-state index contributed by atoms with van der Waals surface area (Å²) in [5, 5.41) is 8.17. The Labute approximate surface area is 171 Å². The second-order valence-corrected chi connectivity index (χ2v) is 10.1. The zero-order valence-corrected chi connectivity index (χ0v) is 17.5. The van der Waals surface area contributed by atoms with Crippen molar-refractivity contribution in [3.05, 3.63) is 64.6 Å². The minimum atomic E-state index is -3.58. The second kappa shape index (κ2) is 7.49. The fourth-order valence-corrected chi connectivity index (χ4v) is 5.97. The zero-order valence-electron chi connectivity index (χ0n) is 15.8. The van der Waals surface area contributed by atoms with Crippen molar-refractivity contribution >= 4 is 38.0 Å². The monoisotopic (exact) mass is 426 g/mol. The van der Waals surface area contributed by atoms with E-state index in [4.69, 9.17) is 0 Å². The number of nitrogens with zero attached hydrogens (tertiary/aromatic N) is 3. The van der Waals surface area contributed by atoms with Crippen molar-refractivity contribution in [2.45, 2.75) is 35.8 Å². The number of aromatic nitrogens is 4. The molecule has 9 heteroatoms. The van der Waals surface area contributed by atoms with Gasteiger partial charge in [-0.05, 0) is 44.0 Å². The fraction of sp³-hybridized carbons (Fsp3) is 0.200. The van der Waals surface area contributed by atoms with Crippen LogP contribution in [0.15, 0.2) is 51.8 Å². The standard InChI is InChI=1S/C20H18N4O3S2/c1-12-20(28-13(2)23-12)29(26,27)17-6-3-14(4-7-17)5-8-18(25)15-9-16-11-22-24-19(16)21-10-15/h3-4,6-7,9-11H,5,8H2,1-2H3,(H,21,22,24). The van der Waals surface area contributed by atoms with Gasteiger partial charge < -0.3 is 0 Å².